The van der Waals surface area contributed by atoms with Gasteiger partial charge in [-0.05, 0) is 54.6 Å². The molecule has 1 aliphatic rings. The molecule has 0 atom stereocenters. The Balaban J connectivity index is 1.88. The third-order valence-corrected chi connectivity index (χ3v) is 6.64. The predicted octanol–water partition coefficient (Wildman–Crippen LogP) is 4.43. The zero-order chi connectivity index (χ0) is 24.0. The fraction of sp³-hybridized carbons (Fsp3) is 0.273. The smallest absolute Gasteiger partial charge is 0.321 e. The van der Waals surface area contributed by atoms with Crippen LogP contribution >= 0.6 is 34.7 Å². The van der Waals surface area contributed by atoms with Crippen molar-refractivity contribution in [2.75, 3.05) is 24.3 Å². The van der Waals surface area contributed by atoms with Crippen LogP contribution in [0, 0.1) is 6.92 Å². The van der Waals surface area contributed by atoms with Gasteiger partial charge in [-0.15, -0.1) is 11.3 Å². The molecule has 2 aromatic rings. The highest BCUT2D eigenvalue weighted by Gasteiger charge is 2.34. The van der Waals surface area contributed by atoms with Crippen LogP contribution in [-0.4, -0.2) is 42.4 Å². The van der Waals surface area contributed by atoms with Crippen LogP contribution in [0.3, 0.4) is 0 Å². The maximum Gasteiger partial charge on any atom is 0.321 e. The van der Waals surface area contributed by atoms with Crippen molar-refractivity contribution in [1.29, 1.82) is 0 Å². The van der Waals surface area contributed by atoms with Crippen molar-refractivity contribution in [2.24, 2.45) is 4.99 Å². The van der Waals surface area contributed by atoms with E-state index in [1.54, 1.807) is 24.3 Å². The van der Waals surface area contributed by atoms with E-state index in [-0.39, 0.29) is 22.5 Å². The topological polar surface area (TPSA) is 100 Å². The van der Waals surface area contributed by atoms with Crippen molar-refractivity contribution in [2.45, 2.75) is 20.3 Å². The Labute approximate surface area is 205 Å². The number of anilines is 1. The van der Waals surface area contributed by atoms with E-state index >= 15 is 0 Å². The summed E-state index contributed by atoms with van der Waals surface area (Å²) in [6.45, 7) is 4.33. The van der Waals surface area contributed by atoms with Crippen LogP contribution < -0.4 is 20.3 Å². The summed E-state index contributed by atoms with van der Waals surface area (Å²) in [4.78, 5) is 44.1. The third-order valence-electron chi connectivity index (χ3n) is 4.50. The lowest BCUT2D eigenvalue weighted by molar-refractivity contribution is -0.117. The van der Waals surface area contributed by atoms with E-state index in [9.17, 15) is 14.4 Å². The van der Waals surface area contributed by atoms with Crippen molar-refractivity contribution in [1.82, 2.24) is 10.6 Å². The molecule has 1 aromatic carbocycles. The lowest BCUT2D eigenvalue weighted by atomic mass is 10.2. The second-order valence-corrected chi connectivity index (χ2v) is 9.27. The van der Waals surface area contributed by atoms with Gasteiger partial charge in [0.1, 0.15) is 11.4 Å². The molecular weight excluding hydrogens is 484 g/mol. The second kappa shape index (κ2) is 11.4. The Hall–Kier alpha value is -2.82. The minimum absolute atomic E-state index is 0.115. The number of halogens is 1. The molecule has 0 spiro atoms. The molecule has 174 valence electrons. The number of aryl methyl sites for hydroxylation is 1. The lowest BCUT2D eigenvalue weighted by Gasteiger charge is -2.20. The molecule has 4 amide bonds. The van der Waals surface area contributed by atoms with Crippen molar-refractivity contribution < 1.29 is 19.1 Å². The molecule has 2 heterocycles. The Morgan fingerprint density at radius 2 is 2.12 bits per heavy atom. The number of carbonyl (C=O) groups excluding carboxylic acids is 3. The summed E-state index contributed by atoms with van der Waals surface area (Å²) < 4.78 is 5.42. The van der Waals surface area contributed by atoms with Crippen LogP contribution in [-0.2, 0) is 9.59 Å². The Morgan fingerprint density at radius 1 is 1.33 bits per heavy atom. The fourth-order valence-electron chi connectivity index (χ4n) is 2.88. The number of amides is 4. The largest absolute Gasteiger partial charge is 0.495 e. The minimum Gasteiger partial charge on any atom is -0.495 e. The van der Waals surface area contributed by atoms with Crippen molar-refractivity contribution in [3.8, 4) is 5.75 Å². The summed E-state index contributed by atoms with van der Waals surface area (Å²) in [6.07, 6.45) is 2.47. The number of thioether (sulfide) groups is 1. The van der Waals surface area contributed by atoms with E-state index in [4.69, 9.17) is 16.3 Å². The average molecular weight is 507 g/mol. The van der Waals surface area contributed by atoms with Gasteiger partial charge in [-0.2, -0.15) is 0 Å². The van der Waals surface area contributed by atoms with Crippen LogP contribution in [0.5, 0.6) is 5.75 Å². The first kappa shape index (κ1) is 24.8. The molecular formula is C22H23ClN4O4S2. The molecule has 0 saturated carbocycles. The van der Waals surface area contributed by atoms with Gasteiger partial charge in [0, 0.05) is 16.4 Å². The molecule has 0 saturated heterocycles. The normalized spacial score (nSPS) is 14.4. The molecule has 2 N–H and O–H groups in total. The standard InChI is InChI=1S/C22H23ClN4O4S2/c1-4-8-24-21(30)26-19(28)12-33-22-25-15(11-18-13(2)7-9-32-18)20(29)27(22)16-10-14(23)5-6-17(16)31-3/h5-7,9-11H,4,8,12H2,1-3H3,(H2,24,26,28,30). The zero-order valence-corrected chi connectivity index (χ0v) is 20.7. The van der Waals surface area contributed by atoms with Gasteiger partial charge < -0.3 is 10.1 Å². The Bertz CT molecular complexity index is 1130. The highest BCUT2D eigenvalue weighted by molar-refractivity contribution is 8.14. The van der Waals surface area contributed by atoms with E-state index in [1.165, 1.54) is 23.3 Å². The molecule has 0 fully saturated rings. The van der Waals surface area contributed by atoms with Crippen LogP contribution in [0.15, 0.2) is 40.3 Å². The number of carbonyl (C=O) groups is 3. The van der Waals surface area contributed by atoms with E-state index in [0.29, 0.717) is 23.0 Å². The maximum atomic E-state index is 13.3. The highest BCUT2D eigenvalue weighted by atomic mass is 35.5. The van der Waals surface area contributed by atoms with Crippen molar-refractivity contribution in [3.63, 3.8) is 0 Å². The monoisotopic (exact) mass is 506 g/mol. The molecule has 0 unspecified atom stereocenters. The summed E-state index contributed by atoms with van der Waals surface area (Å²) in [5, 5.41) is 7.48. The first-order valence-corrected chi connectivity index (χ1v) is 12.3. The van der Waals surface area contributed by atoms with Gasteiger partial charge in [-0.1, -0.05) is 30.3 Å². The highest BCUT2D eigenvalue weighted by Crippen LogP contribution is 2.37. The van der Waals surface area contributed by atoms with Crippen LogP contribution in [0.25, 0.3) is 6.08 Å². The Kier molecular flexibility index (Phi) is 8.54. The molecule has 3 rings (SSSR count). The van der Waals surface area contributed by atoms with Crippen molar-refractivity contribution in [3.05, 3.63) is 50.8 Å². The van der Waals surface area contributed by atoms with Gasteiger partial charge in [0.25, 0.3) is 5.91 Å². The number of nitrogens with zero attached hydrogens (tertiary/aromatic N) is 2. The number of urea groups is 1. The lowest BCUT2D eigenvalue weighted by Crippen LogP contribution is -2.41. The van der Waals surface area contributed by atoms with E-state index < -0.39 is 11.9 Å². The Morgan fingerprint density at radius 3 is 2.79 bits per heavy atom. The van der Waals surface area contributed by atoms with Gasteiger partial charge in [-0.25, -0.2) is 14.7 Å². The average Bonchev–Trinajstić information content (AvgIpc) is 3.33. The number of benzene rings is 1. The van der Waals surface area contributed by atoms with Gasteiger partial charge in [-0.3, -0.25) is 14.9 Å². The van der Waals surface area contributed by atoms with Crippen LogP contribution in [0.1, 0.15) is 23.8 Å². The first-order chi connectivity index (χ1) is 15.8. The SMILES string of the molecule is CCCNC(=O)NC(=O)CSC1=NC(=Cc2sccc2C)C(=O)N1c1cc(Cl)ccc1OC. The van der Waals surface area contributed by atoms with E-state index in [0.717, 1.165) is 28.6 Å². The van der Waals surface area contributed by atoms with Gasteiger partial charge in [0.05, 0.1) is 18.6 Å². The molecule has 0 aliphatic carbocycles. The van der Waals surface area contributed by atoms with Gasteiger partial charge in [0.15, 0.2) is 5.17 Å². The van der Waals surface area contributed by atoms with Gasteiger partial charge >= 0.3 is 6.03 Å². The number of hydrogen-bond acceptors (Lipinski definition) is 7. The minimum atomic E-state index is -0.561. The summed E-state index contributed by atoms with van der Waals surface area (Å²) in [5.74, 6) is -0.561. The number of ether oxygens (including phenoxy) is 1. The molecule has 11 heteroatoms. The summed E-state index contributed by atoms with van der Waals surface area (Å²) in [5.41, 5.74) is 1.67. The number of imide groups is 1. The number of methoxy groups -OCH3 is 1. The van der Waals surface area contributed by atoms with Crippen LogP contribution in [0.2, 0.25) is 5.02 Å². The van der Waals surface area contributed by atoms with E-state index in [1.807, 2.05) is 25.3 Å². The molecule has 8 nitrogen and oxygen atoms in total. The fourth-order valence-corrected chi connectivity index (χ4v) is 4.70. The molecule has 0 radical (unpaired) electrons. The number of rotatable bonds is 7. The van der Waals surface area contributed by atoms with E-state index in [2.05, 4.69) is 15.6 Å². The number of nitrogens with one attached hydrogen (secondary N) is 2. The summed E-state index contributed by atoms with van der Waals surface area (Å²) in [6, 6.07) is 6.31. The quantitative estimate of drug-likeness (QED) is 0.541. The summed E-state index contributed by atoms with van der Waals surface area (Å²) in [7, 11) is 1.49. The maximum absolute atomic E-state index is 13.3. The third kappa shape index (κ3) is 6.16. The van der Waals surface area contributed by atoms with Crippen molar-refractivity contribution >= 4 is 69.5 Å². The number of aliphatic imine (C=N–C) groups is 1. The molecule has 1 aromatic heterocycles. The molecule has 33 heavy (non-hydrogen) atoms. The molecule has 1 aliphatic heterocycles. The second-order valence-electron chi connectivity index (χ2n) is 6.94. The zero-order valence-electron chi connectivity index (χ0n) is 18.3. The number of hydrogen-bond donors (Lipinski definition) is 2. The molecule has 0 bridgehead atoms. The number of thiophene rings is 1. The predicted molar refractivity (Wildman–Crippen MR) is 134 cm³/mol. The van der Waals surface area contributed by atoms with Gasteiger partial charge in [0.2, 0.25) is 5.91 Å². The van der Waals surface area contributed by atoms with Crippen LogP contribution in [0.4, 0.5) is 10.5 Å². The summed E-state index contributed by atoms with van der Waals surface area (Å²) >= 11 is 8.72. The first-order valence-electron chi connectivity index (χ1n) is 10.1. The number of amidine groups is 1.